The molecular formula is C16H27FN2O. The molecule has 1 rings (SSSR count). The minimum Gasteiger partial charge on any atom is -0.396 e. The molecule has 1 aromatic rings. The van der Waals surface area contributed by atoms with E-state index in [1.165, 1.54) is 6.07 Å². The quantitative estimate of drug-likeness (QED) is 0.807. The van der Waals surface area contributed by atoms with Crippen molar-refractivity contribution >= 4 is 5.69 Å². The summed E-state index contributed by atoms with van der Waals surface area (Å²) in [7, 11) is 0. The van der Waals surface area contributed by atoms with Crippen LogP contribution in [0.2, 0.25) is 0 Å². The van der Waals surface area contributed by atoms with Crippen molar-refractivity contribution in [3.8, 4) is 0 Å². The van der Waals surface area contributed by atoms with E-state index in [0.29, 0.717) is 25.2 Å². The van der Waals surface area contributed by atoms with Gasteiger partial charge in [-0.15, -0.1) is 0 Å². The molecule has 0 atom stereocenters. The largest absolute Gasteiger partial charge is 0.396 e. The molecule has 0 aliphatic rings. The Bertz CT molecular complexity index is 415. The lowest BCUT2D eigenvalue weighted by atomic mass is 10.1. The average Bonchev–Trinajstić information content (AvgIpc) is 2.38. The zero-order valence-electron chi connectivity index (χ0n) is 13.0. The van der Waals surface area contributed by atoms with Crippen LogP contribution in [-0.2, 0) is 6.54 Å². The van der Waals surface area contributed by atoms with Crippen LogP contribution in [0.15, 0.2) is 18.2 Å². The molecule has 4 heteroatoms. The maximum absolute atomic E-state index is 14.2. The molecule has 0 radical (unpaired) electrons. The fraction of sp³-hybridized carbons (Fsp3) is 0.625. The first-order chi connectivity index (χ1) is 9.39. The van der Waals surface area contributed by atoms with Gasteiger partial charge in [0, 0.05) is 31.8 Å². The van der Waals surface area contributed by atoms with Gasteiger partial charge in [-0.3, -0.25) is 0 Å². The standard InChI is InChI=1S/C16H27FN2O/c1-5-19(10-7-11-20)15-13(8-6-9-14(15)17)12-18-16(2,3)4/h6,8-9,18,20H,5,7,10-12H2,1-4H3. The van der Waals surface area contributed by atoms with Crippen molar-refractivity contribution in [3.05, 3.63) is 29.6 Å². The Labute approximate surface area is 121 Å². The molecule has 1 aromatic carbocycles. The van der Waals surface area contributed by atoms with Gasteiger partial charge in [0.15, 0.2) is 0 Å². The molecule has 3 nitrogen and oxygen atoms in total. The fourth-order valence-corrected chi connectivity index (χ4v) is 2.11. The maximum atomic E-state index is 14.2. The van der Waals surface area contributed by atoms with Crippen LogP contribution in [0.1, 0.15) is 39.7 Å². The van der Waals surface area contributed by atoms with E-state index >= 15 is 0 Å². The number of benzene rings is 1. The Kier molecular flexibility index (Phi) is 6.43. The van der Waals surface area contributed by atoms with Gasteiger partial charge in [-0.2, -0.15) is 0 Å². The molecule has 0 saturated carbocycles. The summed E-state index contributed by atoms with van der Waals surface area (Å²) in [6.45, 7) is 10.4. The lowest BCUT2D eigenvalue weighted by Crippen LogP contribution is -2.36. The number of nitrogens with one attached hydrogen (secondary N) is 1. The second kappa shape index (κ2) is 7.60. The number of aliphatic hydroxyl groups excluding tert-OH is 1. The van der Waals surface area contributed by atoms with Crippen LogP contribution >= 0.6 is 0 Å². The van der Waals surface area contributed by atoms with Crippen LogP contribution in [-0.4, -0.2) is 30.3 Å². The summed E-state index contributed by atoms with van der Waals surface area (Å²) in [4.78, 5) is 1.99. The third-order valence-corrected chi connectivity index (χ3v) is 3.16. The first kappa shape index (κ1) is 16.9. The van der Waals surface area contributed by atoms with Crippen molar-refractivity contribution in [2.24, 2.45) is 0 Å². The van der Waals surface area contributed by atoms with Crippen LogP contribution in [0.25, 0.3) is 0 Å². The van der Waals surface area contributed by atoms with Crippen molar-refractivity contribution in [1.29, 1.82) is 0 Å². The highest BCUT2D eigenvalue weighted by Gasteiger charge is 2.16. The molecule has 0 bridgehead atoms. The van der Waals surface area contributed by atoms with E-state index in [1.54, 1.807) is 6.07 Å². The van der Waals surface area contributed by atoms with E-state index in [0.717, 1.165) is 12.1 Å². The molecule has 0 heterocycles. The number of hydrogen-bond donors (Lipinski definition) is 2. The van der Waals surface area contributed by atoms with Gasteiger partial charge in [0.1, 0.15) is 5.82 Å². The number of anilines is 1. The van der Waals surface area contributed by atoms with Gasteiger partial charge in [0.05, 0.1) is 5.69 Å². The molecule has 0 fully saturated rings. The fourth-order valence-electron chi connectivity index (χ4n) is 2.11. The van der Waals surface area contributed by atoms with Crippen LogP contribution in [0, 0.1) is 5.82 Å². The number of rotatable bonds is 7. The Balaban J connectivity index is 2.97. The van der Waals surface area contributed by atoms with E-state index in [-0.39, 0.29) is 18.0 Å². The number of aliphatic hydroxyl groups is 1. The molecule has 0 saturated heterocycles. The summed E-state index contributed by atoms with van der Waals surface area (Å²) in [6.07, 6.45) is 0.647. The second-order valence-corrected chi connectivity index (χ2v) is 6.01. The van der Waals surface area contributed by atoms with Crippen molar-refractivity contribution in [1.82, 2.24) is 5.32 Å². The number of para-hydroxylation sites is 1. The van der Waals surface area contributed by atoms with Gasteiger partial charge >= 0.3 is 0 Å². The van der Waals surface area contributed by atoms with E-state index in [1.807, 2.05) is 17.9 Å². The Hall–Kier alpha value is -1.13. The Morgan fingerprint density at radius 2 is 2.00 bits per heavy atom. The van der Waals surface area contributed by atoms with Gasteiger partial charge in [-0.25, -0.2) is 4.39 Å². The topological polar surface area (TPSA) is 35.5 Å². The molecule has 0 unspecified atom stereocenters. The zero-order valence-corrected chi connectivity index (χ0v) is 13.0. The van der Waals surface area contributed by atoms with E-state index in [2.05, 4.69) is 26.1 Å². The second-order valence-electron chi connectivity index (χ2n) is 6.01. The van der Waals surface area contributed by atoms with Crippen molar-refractivity contribution in [3.63, 3.8) is 0 Å². The minimum absolute atomic E-state index is 0.00820. The van der Waals surface area contributed by atoms with Crippen molar-refractivity contribution < 1.29 is 9.50 Å². The predicted octanol–water partition coefficient (Wildman–Crippen LogP) is 2.92. The first-order valence-corrected chi connectivity index (χ1v) is 7.27. The number of nitrogens with zero attached hydrogens (tertiary/aromatic N) is 1. The molecule has 0 amide bonds. The number of hydrogen-bond acceptors (Lipinski definition) is 3. The van der Waals surface area contributed by atoms with Gasteiger partial charge in [-0.05, 0) is 45.7 Å². The summed E-state index contributed by atoms with van der Waals surface area (Å²) in [6, 6.07) is 5.20. The SMILES string of the molecule is CCN(CCCO)c1c(F)cccc1CNC(C)(C)C. The third kappa shape index (κ3) is 5.10. The molecular weight excluding hydrogens is 255 g/mol. The summed E-state index contributed by atoms with van der Waals surface area (Å²) in [5, 5.41) is 12.4. The highest BCUT2D eigenvalue weighted by atomic mass is 19.1. The first-order valence-electron chi connectivity index (χ1n) is 7.27. The average molecular weight is 282 g/mol. The molecule has 0 aliphatic carbocycles. The van der Waals surface area contributed by atoms with Crippen LogP contribution < -0.4 is 10.2 Å². The molecule has 0 aliphatic heterocycles. The van der Waals surface area contributed by atoms with Gasteiger partial charge in [0.25, 0.3) is 0 Å². The lowest BCUT2D eigenvalue weighted by Gasteiger charge is -2.28. The van der Waals surface area contributed by atoms with Crippen LogP contribution in [0.3, 0.4) is 0 Å². The van der Waals surface area contributed by atoms with Crippen LogP contribution in [0.5, 0.6) is 0 Å². The van der Waals surface area contributed by atoms with Crippen LogP contribution in [0.4, 0.5) is 10.1 Å². The van der Waals surface area contributed by atoms with E-state index in [9.17, 15) is 4.39 Å². The summed E-state index contributed by atoms with van der Waals surface area (Å²) < 4.78 is 14.2. The highest BCUT2D eigenvalue weighted by Crippen LogP contribution is 2.25. The summed E-state index contributed by atoms with van der Waals surface area (Å²) in [5.74, 6) is -0.196. The van der Waals surface area contributed by atoms with Gasteiger partial charge in [-0.1, -0.05) is 12.1 Å². The highest BCUT2D eigenvalue weighted by molar-refractivity contribution is 5.55. The Morgan fingerprint density at radius 3 is 2.55 bits per heavy atom. The lowest BCUT2D eigenvalue weighted by molar-refractivity contribution is 0.289. The van der Waals surface area contributed by atoms with Crippen molar-refractivity contribution in [2.45, 2.75) is 46.2 Å². The maximum Gasteiger partial charge on any atom is 0.146 e. The normalized spacial score (nSPS) is 11.7. The molecule has 0 spiro atoms. The molecule has 2 N–H and O–H groups in total. The molecule has 20 heavy (non-hydrogen) atoms. The summed E-state index contributed by atoms with van der Waals surface area (Å²) in [5.41, 5.74) is 1.60. The van der Waals surface area contributed by atoms with E-state index < -0.39 is 0 Å². The monoisotopic (exact) mass is 282 g/mol. The van der Waals surface area contributed by atoms with Gasteiger partial charge in [0.2, 0.25) is 0 Å². The van der Waals surface area contributed by atoms with Gasteiger partial charge < -0.3 is 15.3 Å². The molecule has 0 aromatic heterocycles. The molecule has 114 valence electrons. The predicted molar refractivity (Wildman–Crippen MR) is 82.6 cm³/mol. The smallest absolute Gasteiger partial charge is 0.146 e. The third-order valence-electron chi connectivity index (χ3n) is 3.16. The minimum atomic E-state index is -0.196. The number of halogens is 1. The zero-order chi connectivity index (χ0) is 15.2. The van der Waals surface area contributed by atoms with E-state index in [4.69, 9.17) is 5.11 Å². The summed E-state index contributed by atoms with van der Waals surface area (Å²) >= 11 is 0. The Morgan fingerprint density at radius 1 is 1.30 bits per heavy atom. The van der Waals surface area contributed by atoms with Crippen molar-refractivity contribution in [2.75, 3.05) is 24.6 Å².